The molecule has 4 rings (SSSR count). The quantitative estimate of drug-likeness (QED) is 0.625. The number of para-hydroxylation sites is 1. The van der Waals surface area contributed by atoms with Crippen LogP contribution in [0.3, 0.4) is 0 Å². The Bertz CT molecular complexity index is 1010. The summed E-state index contributed by atoms with van der Waals surface area (Å²) in [5, 5.41) is 4.05. The van der Waals surface area contributed by atoms with E-state index in [9.17, 15) is 4.79 Å². The molecule has 2 aromatic heterocycles. The number of fused-ring (bicyclic) bond motifs is 1. The fourth-order valence-corrected chi connectivity index (χ4v) is 3.86. The number of nitrogens with one attached hydrogen (secondary N) is 1. The van der Waals surface area contributed by atoms with Crippen molar-refractivity contribution in [3.05, 3.63) is 47.9 Å². The predicted molar refractivity (Wildman–Crippen MR) is 113 cm³/mol. The molecule has 3 aromatic rings. The molecule has 0 unspecified atom stereocenters. The lowest BCUT2D eigenvalue weighted by Gasteiger charge is -2.17. The van der Waals surface area contributed by atoms with Gasteiger partial charge in [0.15, 0.2) is 0 Å². The Morgan fingerprint density at radius 2 is 2.00 bits per heavy atom. The Kier molecular flexibility index (Phi) is 5.64. The Morgan fingerprint density at radius 1 is 1.21 bits per heavy atom. The van der Waals surface area contributed by atoms with E-state index in [0.717, 1.165) is 35.4 Å². The summed E-state index contributed by atoms with van der Waals surface area (Å²) >= 11 is 0. The van der Waals surface area contributed by atoms with Crippen LogP contribution in [-0.4, -0.2) is 46.7 Å². The first-order chi connectivity index (χ1) is 14.1. The number of aromatic nitrogens is 3. The third kappa shape index (κ3) is 4.50. The first-order valence-electron chi connectivity index (χ1n) is 10.1. The second-order valence-electron chi connectivity index (χ2n) is 7.46. The van der Waals surface area contributed by atoms with Gasteiger partial charge in [-0.25, -0.2) is 4.98 Å². The van der Waals surface area contributed by atoms with Crippen LogP contribution in [0.5, 0.6) is 5.88 Å². The maximum atomic E-state index is 12.4. The molecule has 0 atom stereocenters. The summed E-state index contributed by atoms with van der Waals surface area (Å²) in [7, 11) is 2.00. The number of carbonyl (C=O) groups is 1. The Hall–Kier alpha value is -3.09. The highest BCUT2D eigenvalue weighted by Crippen LogP contribution is 2.22. The smallest absolute Gasteiger partial charge is 0.224 e. The van der Waals surface area contributed by atoms with Crippen LogP contribution in [0.15, 0.2) is 36.5 Å². The molecule has 1 aliphatic rings. The SMILES string of the molecule is Cc1nc(OCCNC(=O)Cc2cn(C)c3ccccc23)cc(N2CCCC2)n1. The second-order valence-corrected chi connectivity index (χ2v) is 7.46. The average Bonchev–Trinajstić information content (AvgIpc) is 3.34. The highest BCUT2D eigenvalue weighted by molar-refractivity contribution is 5.89. The number of rotatable bonds is 7. The fourth-order valence-electron chi connectivity index (χ4n) is 3.86. The van der Waals surface area contributed by atoms with Crippen molar-refractivity contribution in [3.8, 4) is 5.88 Å². The monoisotopic (exact) mass is 393 g/mol. The molecule has 0 radical (unpaired) electrons. The van der Waals surface area contributed by atoms with Crippen molar-refractivity contribution >= 4 is 22.6 Å². The van der Waals surface area contributed by atoms with E-state index in [1.165, 1.54) is 12.8 Å². The number of ether oxygens (including phenoxy) is 1. The maximum absolute atomic E-state index is 12.4. The van der Waals surface area contributed by atoms with Crippen molar-refractivity contribution in [2.24, 2.45) is 7.05 Å². The minimum absolute atomic E-state index is 0.0124. The molecule has 3 heterocycles. The topological polar surface area (TPSA) is 72.3 Å². The van der Waals surface area contributed by atoms with Gasteiger partial charge in [0, 0.05) is 43.3 Å². The van der Waals surface area contributed by atoms with Gasteiger partial charge in [0.05, 0.1) is 13.0 Å². The summed E-state index contributed by atoms with van der Waals surface area (Å²) in [5.74, 6) is 2.17. The van der Waals surface area contributed by atoms with Crippen molar-refractivity contribution in [2.75, 3.05) is 31.1 Å². The minimum atomic E-state index is -0.0124. The molecule has 7 heteroatoms. The highest BCUT2D eigenvalue weighted by Gasteiger charge is 2.15. The van der Waals surface area contributed by atoms with Crippen LogP contribution in [0.25, 0.3) is 10.9 Å². The van der Waals surface area contributed by atoms with Gasteiger partial charge in [-0.3, -0.25) is 4.79 Å². The van der Waals surface area contributed by atoms with Crippen molar-refractivity contribution < 1.29 is 9.53 Å². The van der Waals surface area contributed by atoms with E-state index in [2.05, 4.69) is 36.9 Å². The minimum Gasteiger partial charge on any atom is -0.476 e. The van der Waals surface area contributed by atoms with Crippen LogP contribution in [0.2, 0.25) is 0 Å². The van der Waals surface area contributed by atoms with E-state index in [1.54, 1.807) is 0 Å². The van der Waals surface area contributed by atoms with Crippen LogP contribution in [0, 0.1) is 6.92 Å². The average molecular weight is 393 g/mol. The summed E-state index contributed by atoms with van der Waals surface area (Å²) in [5.41, 5.74) is 2.16. The van der Waals surface area contributed by atoms with E-state index in [0.29, 0.717) is 31.3 Å². The third-order valence-corrected chi connectivity index (χ3v) is 5.24. The zero-order valence-corrected chi connectivity index (χ0v) is 17.0. The lowest BCUT2D eigenvalue weighted by Crippen LogP contribution is -2.29. The fraction of sp³-hybridized carbons (Fsp3) is 0.409. The van der Waals surface area contributed by atoms with Gasteiger partial charge in [0.1, 0.15) is 18.2 Å². The van der Waals surface area contributed by atoms with Crippen molar-refractivity contribution in [1.29, 1.82) is 0 Å². The number of carbonyl (C=O) groups excluding carboxylic acids is 1. The van der Waals surface area contributed by atoms with Gasteiger partial charge in [-0.1, -0.05) is 18.2 Å². The Labute approximate surface area is 170 Å². The molecular formula is C22H27N5O2. The molecule has 152 valence electrons. The number of hydrogen-bond acceptors (Lipinski definition) is 5. The number of hydrogen-bond donors (Lipinski definition) is 1. The lowest BCUT2D eigenvalue weighted by atomic mass is 10.1. The molecule has 1 saturated heterocycles. The number of anilines is 1. The predicted octanol–water partition coefficient (Wildman–Crippen LogP) is 2.61. The number of benzene rings is 1. The molecular weight excluding hydrogens is 366 g/mol. The molecule has 1 fully saturated rings. The zero-order chi connectivity index (χ0) is 20.2. The van der Waals surface area contributed by atoms with Gasteiger partial charge in [-0.2, -0.15) is 4.98 Å². The van der Waals surface area contributed by atoms with Crippen LogP contribution < -0.4 is 15.0 Å². The van der Waals surface area contributed by atoms with Gasteiger partial charge >= 0.3 is 0 Å². The molecule has 1 aliphatic heterocycles. The Morgan fingerprint density at radius 3 is 2.83 bits per heavy atom. The van der Waals surface area contributed by atoms with Crippen molar-refractivity contribution in [3.63, 3.8) is 0 Å². The van der Waals surface area contributed by atoms with E-state index in [1.807, 2.05) is 38.4 Å². The van der Waals surface area contributed by atoms with Crippen molar-refractivity contribution in [2.45, 2.75) is 26.2 Å². The molecule has 0 aliphatic carbocycles. The molecule has 0 spiro atoms. The summed E-state index contributed by atoms with van der Waals surface area (Å²) in [6.07, 6.45) is 4.77. The standard InChI is InChI=1S/C22H27N5O2/c1-16-24-20(27-10-5-6-11-27)14-22(25-16)29-12-9-23-21(28)13-17-15-26(2)19-8-4-3-7-18(17)19/h3-4,7-8,14-15H,5-6,9-13H2,1-2H3,(H,23,28). The lowest BCUT2D eigenvalue weighted by molar-refractivity contribution is -0.120. The van der Waals surface area contributed by atoms with Gasteiger partial charge in [0.2, 0.25) is 11.8 Å². The highest BCUT2D eigenvalue weighted by atomic mass is 16.5. The molecule has 1 amide bonds. The summed E-state index contributed by atoms with van der Waals surface area (Å²) < 4.78 is 7.82. The largest absolute Gasteiger partial charge is 0.476 e. The zero-order valence-electron chi connectivity index (χ0n) is 17.0. The van der Waals surface area contributed by atoms with E-state index < -0.39 is 0 Å². The van der Waals surface area contributed by atoms with Crippen LogP contribution in [-0.2, 0) is 18.3 Å². The van der Waals surface area contributed by atoms with Crippen LogP contribution in [0.1, 0.15) is 24.2 Å². The molecule has 1 aromatic carbocycles. The maximum Gasteiger partial charge on any atom is 0.224 e. The second kappa shape index (κ2) is 8.51. The first-order valence-corrected chi connectivity index (χ1v) is 10.1. The van der Waals surface area contributed by atoms with Gasteiger partial charge in [-0.05, 0) is 31.4 Å². The van der Waals surface area contributed by atoms with Crippen LogP contribution in [0.4, 0.5) is 5.82 Å². The molecule has 29 heavy (non-hydrogen) atoms. The van der Waals surface area contributed by atoms with E-state index in [4.69, 9.17) is 4.74 Å². The number of amides is 1. The van der Waals surface area contributed by atoms with Gasteiger partial charge in [-0.15, -0.1) is 0 Å². The molecule has 0 bridgehead atoms. The Balaban J connectivity index is 1.28. The number of aryl methyl sites for hydroxylation is 2. The molecule has 0 saturated carbocycles. The molecule has 1 N–H and O–H groups in total. The van der Waals surface area contributed by atoms with Crippen LogP contribution >= 0.6 is 0 Å². The van der Waals surface area contributed by atoms with E-state index in [-0.39, 0.29) is 5.91 Å². The summed E-state index contributed by atoms with van der Waals surface area (Å²) in [6, 6.07) is 10.0. The van der Waals surface area contributed by atoms with Gasteiger partial charge in [0.25, 0.3) is 0 Å². The van der Waals surface area contributed by atoms with Gasteiger partial charge < -0.3 is 19.5 Å². The summed E-state index contributed by atoms with van der Waals surface area (Å²) in [4.78, 5) is 23.5. The first kappa shape index (κ1) is 19.2. The summed E-state index contributed by atoms with van der Waals surface area (Å²) in [6.45, 7) is 4.74. The molecule has 7 nitrogen and oxygen atoms in total. The van der Waals surface area contributed by atoms with E-state index >= 15 is 0 Å². The third-order valence-electron chi connectivity index (χ3n) is 5.24. The van der Waals surface area contributed by atoms with Crippen molar-refractivity contribution in [1.82, 2.24) is 19.9 Å². The number of nitrogens with zero attached hydrogens (tertiary/aromatic N) is 4. The normalized spacial score (nSPS) is 13.8.